The molecule has 100 valence electrons. The monoisotopic (exact) mass is 241 g/mol. The van der Waals surface area contributed by atoms with Gasteiger partial charge in [0.2, 0.25) is 0 Å². The first-order valence-corrected chi connectivity index (χ1v) is 6.82. The Balaban J connectivity index is 2.55. The van der Waals surface area contributed by atoms with Crippen molar-refractivity contribution in [3.63, 3.8) is 0 Å². The van der Waals surface area contributed by atoms with Crippen LogP contribution in [0.4, 0.5) is 0 Å². The molecule has 0 amide bonds. The minimum absolute atomic E-state index is 0.198. The molecule has 0 aromatic heterocycles. The first-order valence-electron chi connectivity index (χ1n) is 6.82. The molecule has 0 spiro atoms. The molecule has 0 radical (unpaired) electrons. The van der Waals surface area contributed by atoms with Gasteiger partial charge in [-0.1, -0.05) is 26.7 Å². The lowest BCUT2D eigenvalue weighted by Crippen LogP contribution is -2.63. The molecule has 1 saturated heterocycles. The second-order valence-electron chi connectivity index (χ2n) is 6.24. The molecule has 0 aromatic rings. The summed E-state index contributed by atoms with van der Waals surface area (Å²) in [5, 5.41) is 8.93. The molecule has 1 heterocycles. The van der Waals surface area contributed by atoms with Gasteiger partial charge in [-0.3, -0.25) is 9.69 Å². The Morgan fingerprint density at radius 2 is 1.71 bits per heavy atom. The van der Waals surface area contributed by atoms with E-state index >= 15 is 0 Å². The third-order valence-corrected chi connectivity index (χ3v) is 4.05. The van der Waals surface area contributed by atoms with E-state index in [0.29, 0.717) is 5.41 Å². The van der Waals surface area contributed by atoms with E-state index in [1.165, 1.54) is 25.7 Å². The van der Waals surface area contributed by atoms with Crippen LogP contribution in [0.15, 0.2) is 0 Å². The minimum atomic E-state index is -0.696. The van der Waals surface area contributed by atoms with Crippen molar-refractivity contribution in [2.75, 3.05) is 13.1 Å². The topological polar surface area (TPSA) is 40.5 Å². The fourth-order valence-corrected chi connectivity index (χ4v) is 3.18. The number of rotatable bonds is 7. The van der Waals surface area contributed by atoms with Crippen LogP contribution in [0, 0.1) is 5.41 Å². The van der Waals surface area contributed by atoms with Crippen LogP contribution < -0.4 is 0 Å². The fraction of sp³-hybridized carbons (Fsp3) is 0.929. The Bertz CT molecular complexity index is 259. The van der Waals surface area contributed by atoms with E-state index in [1.807, 2.05) is 13.8 Å². The second-order valence-corrected chi connectivity index (χ2v) is 6.24. The highest BCUT2D eigenvalue weighted by Crippen LogP contribution is 2.43. The van der Waals surface area contributed by atoms with E-state index in [2.05, 4.69) is 18.7 Å². The molecule has 0 atom stereocenters. The summed E-state index contributed by atoms with van der Waals surface area (Å²) in [6, 6.07) is 0. The molecule has 0 unspecified atom stereocenters. The molecule has 1 fully saturated rings. The zero-order valence-corrected chi connectivity index (χ0v) is 11.8. The van der Waals surface area contributed by atoms with Gasteiger partial charge in [-0.15, -0.1) is 0 Å². The van der Waals surface area contributed by atoms with E-state index < -0.39 is 5.97 Å². The summed E-state index contributed by atoms with van der Waals surface area (Å²) in [5.41, 5.74) is 0.274. The summed E-state index contributed by atoms with van der Waals surface area (Å²) in [7, 11) is 0. The Kier molecular flexibility index (Phi) is 4.59. The predicted octanol–water partition coefficient (Wildman–Crippen LogP) is 3.14. The van der Waals surface area contributed by atoms with Crippen molar-refractivity contribution >= 4 is 5.97 Å². The lowest BCUT2D eigenvalue weighted by atomic mass is 9.70. The van der Waals surface area contributed by atoms with Gasteiger partial charge >= 0.3 is 5.97 Å². The maximum atomic E-state index is 10.8. The van der Waals surface area contributed by atoms with Gasteiger partial charge in [-0.05, 0) is 32.1 Å². The van der Waals surface area contributed by atoms with Crippen LogP contribution in [-0.4, -0.2) is 34.6 Å². The lowest BCUT2D eigenvalue weighted by molar-refractivity contribution is -0.144. The molecular formula is C14H27NO2. The molecule has 1 rings (SSSR count). The summed E-state index contributed by atoms with van der Waals surface area (Å²) < 4.78 is 0. The first kappa shape index (κ1) is 14.5. The van der Waals surface area contributed by atoms with Gasteiger partial charge in [-0.2, -0.15) is 0 Å². The van der Waals surface area contributed by atoms with E-state index in [1.54, 1.807) is 0 Å². The van der Waals surface area contributed by atoms with E-state index in [4.69, 9.17) is 5.11 Å². The van der Waals surface area contributed by atoms with Gasteiger partial charge in [-0.25, -0.2) is 0 Å². The number of hydrogen-bond donors (Lipinski definition) is 1. The van der Waals surface area contributed by atoms with Crippen LogP contribution in [-0.2, 0) is 4.79 Å². The summed E-state index contributed by atoms with van der Waals surface area (Å²) in [6.45, 7) is 10.7. The summed E-state index contributed by atoms with van der Waals surface area (Å²) in [6.07, 6.45) is 5.25. The molecule has 3 heteroatoms. The van der Waals surface area contributed by atoms with Crippen LogP contribution in [0.5, 0.6) is 0 Å². The van der Waals surface area contributed by atoms with Crippen LogP contribution >= 0.6 is 0 Å². The Labute approximate surface area is 105 Å². The van der Waals surface area contributed by atoms with E-state index in [0.717, 1.165) is 13.1 Å². The van der Waals surface area contributed by atoms with Gasteiger partial charge in [0.05, 0.1) is 6.42 Å². The summed E-state index contributed by atoms with van der Waals surface area (Å²) in [4.78, 5) is 13.2. The van der Waals surface area contributed by atoms with Crippen molar-refractivity contribution in [2.45, 2.75) is 65.3 Å². The SMILES string of the molecule is CCCC1(CCC)CN(C(C)(C)CC(=O)O)C1. The van der Waals surface area contributed by atoms with Crippen LogP contribution in [0.1, 0.15) is 59.8 Å². The normalized spacial score (nSPS) is 20.0. The molecule has 17 heavy (non-hydrogen) atoms. The van der Waals surface area contributed by atoms with Gasteiger partial charge in [0.1, 0.15) is 0 Å². The van der Waals surface area contributed by atoms with E-state index in [-0.39, 0.29) is 12.0 Å². The van der Waals surface area contributed by atoms with Crippen molar-refractivity contribution in [2.24, 2.45) is 5.41 Å². The van der Waals surface area contributed by atoms with Gasteiger partial charge < -0.3 is 5.11 Å². The summed E-state index contributed by atoms with van der Waals surface area (Å²) in [5.74, 6) is -0.696. The average Bonchev–Trinajstić information content (AvgIpc) is 2.11. The van der Waals surface area contributed by atoms with Crippen molar-refractivity contribution in [3.05, 3.63) is 0 Å². The van der Waals surface area contributed by atoms with Crippen molar-refractivity contribution in [1.82, 2.24) is 4.90 Å². The van der Waals surface area contributed by atoms with Gasteiger partial charge in [0.25, 0.3) is 0 Å². The van der Waals surface area contributed by atoms with Crippen LogP contribution in [0.25, 0.3) is 0 Å². The third kappa shape index (κ3) is 3.44. The predicted molar refractivity (Wildman–Crippen MR) is 70.2 cm³/mol. The Morgan fingerprint density at radius 1 is 1.24 bits per heavy atom. The van der Waals surface area contributed by atoms with Gasteiger partial charge in [0.15, 0.2) is 0 Å². The molecule has 3 nitrogen and oxygen atoms in total. The number of carbonyl (C=O) groups is 1. The van der Waals surface area contributed by atoms with Crippen LogP contribution in [0.3, 0.4) is 0 Å². The largest absolute Gasteiger partial charge is 0.481 e. The molecule has 0 aliphatic carbocycles. The van der Waals surface area contributed by atoms with E-state index in [9.17, 15) is 4.79 Å². The first-order chi connectivity index (χ1) is 7.85. The molecule has 0 saturated carbocycles. The fourth-order valence-electron chi connectivity index (χ4n) is 3.18. The zero-order chi connectivity index (χ0) is 13.1. The quantitative estimate of drug-likeness (QED) is 0.744. The number of carboxylic acid groups (broad SMARTS) is 1. The standard InChI is InChI=1S/C14H27NO2/c1-5-7-14(8-6-2)10-15(11-14)13(3,4)9-12(16)17/h5-11H2,1-4H3,(H,16,17). The highest BCUT2D eigenvalue weighted by molar-refractivity contribution is 5.68. The second kappa shape index (κ2) is 5.38. The number of likely N-dealkylation sites (tertiary alicyclic amines) is 1. The Hall–Kier alpha value is -0.570. The molecule has 1 aliphatic rings. The van der Waals surface area contributed by atoms with Crippen molar-refractivity contribution in [3.8, 4) is 0 Å². The smallest absolute Gasteiger partial charge is 0.305 e. The molecular weight excluding hydrogens is 214 g/mol. The maximum Gasteiger partial charge on any atom is 0.305 e. The minimum Gasteiger partial charge on any atom is -0.481 e. The highest BCUT2D eigenvalue weighted by Gasteiger charge is 2.47. The number of carboxylic acids is 1. The maximum absolute atomic E-state index is 10.8. The molecule has 0 bridgehead atoms. The number of nitrogens with zero attached hydrogens (tertiary/aromatic N) is 1. The summed E-state index contributed by atoms with van der Waals surface area (Å²) >= 11 is 0. The highest BCUT2D eigenvalue weighted by atomic mass is 16.4. The molecule has 0 aromatic carbocycles. The van der Waals surface area contributed by atoms with Crippen molar-refractivity contribution < 1.29 is 9.90 Å². The average molecular weight is 241 g/mol. The number of aliphatic carboxylic acids is 1. The van der Waals surface area contributed by atoms with Gasteiger partial charge in [0, 0.05) is 18.6 Å². The third-order valence-electron chi connectivity index (χ3n) is 4.05. The lowest BCUT2D eigenvalue weighted by Gasteiger charge is -2.57. The zero-order valence-electron chi connectivity index (χ0n) is 11.8. The van der Waals surface area contributed by atoms with Crippen LogP contribution in [0.2, 0.25) is 0 Å². The Morgan fingerprint density at radius 3 is 2.06 bits per heavy atom. The molecule has 1 N–H and O–H groups in total. The molecule has 1 aliphatic heterocycles. The van der Waals surface area contributed by atoms with Crippen molar-refractivity contribution in [1.29, 1.82) is 0 Å². The number of hydrogen-bond acceptors (Lipinski definition) is 2.